The molecular weight excluding hydrogens is 130 g/mol. The second-order valence-corrected chi connectivity index (χ2v) is 2.79. The van der Waals surface area contributed by atoms with Crippen molar-refractivity contribution in [2.75, 3.05) is 13.2 Å². The van der Waals surface area contributed by atoms with Crippen molar-refractivity contribution in [1.82, 2.24) is 0 Å². The summed E-state index contributed by atoms with van der Waals surface area (Å²) in [4.78, 5) is 3.23. The summed E-state index contributed by atoms with van der Waals surface area (Å²) >= 11 is 0. The quantitative estimate of drug-likeness (QED) is 0.509. The van der Waals surface area contributed by atoms with E-state index in [0.717, 1.165) is 0 Å². The molecule has 1 rings (SSSR count). The molecule has 1 saturated heterocycles. The van der Waals surface area contributed by atoms with Gasteiger partial charge in [0.15, 0.2) is 11.9 Å². The largest absolute Gasteiger partial charge is 0.347 e. The maximum absolute atomic E-state index is 6.59. The Morgan fingerprint density at radius 1 is 1.70 bits per heavy atom. The van der Waals surface area contributed by atoms with E-state index in [1.165, 1.54) is 0 Å². The van der Waals surface area contributed by atoms with Gasteiger partial charge in [-0.2, -0.15) is 0 Å². The minimum Gasteiger partial charge on any atom is -0.347 e. The first kappa shape index (κ1) is 7.52. The van der Waals surface area contributed by atoms with Crippen LogP contribution in [0.25, 0.3) is 4.85 Å². The topological polar surface area (TPSA) is 22.8 Å². The highest BCUT2D eigenvalue weighted by Crippen LogP contribution is 2.21. The summed E-state index contributed by atoms with van der Waals surface area (Å²) in [7, 11) is 0. The highest BCUT2D eigenvalue weighted by Gasteiger charge is 2.33. The van der Waals surface area contributed by atoms with Crippen molar-refractivity contribution in [2.24, 2.45) is 0 Å². The number of nitrogens with zero attached hydrogens (tertiary/aromatic N) is 1. The average Bonchev–Trinajstić information content (AvgIpc) is 2.12. The molecule has 3 heteroatoms. The number of hydrogen-bond donors (Lipinski definition) is 0. The molecule has 0 aromatic carbocycles. The van der Waals surface area contributed by atoms with Crippen molar-refractivity contribution in [1.29, 1.82) is 0 Å². The molecule has 1 unspecified atom stereocenters. The van der Waals surface area contributed by atoms with E-state index < -0.39 is 5.79 Å². The van der Waals surface area contributed by atoms with Crippen LogP contribution in [0.4, 0.5) is 0 Å². The summed E-state index contributed by atoms with van der Waals surface area (Å²) in [5, 5.41) is 0. The molecule has 0 N–H and O–H groups in total. The number of hydrogen-bond acceptors (Lipinski definition) is 2. The Balaban J connectivity index is 2.38. The normalized spacial score (nSPS) is 29.9. The molecule has 1 aliphatic rings. The van der Waals surface area contributed by atoms with Gasteiger partial charge >= 0.3 is 0 Å². The van der Waals surface area contributed by atoms with Crippen LogP contribution in [0.1, 0.15) is 13.8 Å². The van der Waals surface area contributed by atoms with Gasteiger partial charge in [-0.3, -0.25) is 0 Å². The maximum Gasteiger partial charge on any atom is 0.242 e. The summed E-state index contributed by atoms with van der Waals surface area (Å²) < 4.78 is 10.6. The van der Waals surface area contributed by atoms with Crippen LogP contribution in [0, 0.1) is 6.57 Å². The number of rotatable bonds is 1. The van der Waals surface area contributed by atoms with E-state index in [-0.39, 0.29) is 6.10 Å². The SMILES string of the molecule is [C-]#[N+]CC1COC(C)(C)O1. The van der Waals surface area contributed by atoms with Crippen LogP contribution < -0.4 is 0 Å². The zero-order chi connectivity index (χ0) is 7.61. The van der Waals surface area contributed by atoms with Crippen LogP contribution in [-0.4, -0.2) is 25.0 Å². The Hall–Kier alpha value is -0.590. The fourth-order valence-electron chi connectivity index (χ4n) is 0.955. The van der Waals surface area contributed by atoms with Crippen molar-refractivity contribution in [2.45, 2.75) is 25.7 Å². The van der Waals surface area contributed by atoms with Gasteiger partial charge in [0.05, 0.1) is 6.61 Å². The zero-order valence-electron chi connectivity index (χ0n) is 6.26. The molecule has 0 bridgehead atoms. The maximum atomic E-state index is 6.59. The summed E-state index contributed by atoms with van der Waals surface area (Å²) in [5.41, 5.74) is 0. The third-order valence-electron chi connectivity index (χ3n) is 1.36. The smallest absolute Gasteiger partial charge is 0.242 e. The van der Waals surface area contributed by atoms with Crippen LogP contribution in [0.2, 0.25) is 0 Å². The minimum atomic E-state index is -0.477. The van der Waals surface area contributed by atoms with Crippen molar-refractivity contribution >= 4 is 0 Å². The van der Waals surface area contributed by atoms with Crippen molar-refractivity contribution in [3.8, 4) is 0 Å². The lowest BCUT2D eigenvalue weighted by Crippen LogP contribution is -2.22. The molecule has 0 aromatic heterocycles. The standard InChI is InChI=1S/C7H11NO2/c1-7(2)9-5-6(10-7)4-8-3/h6H,4-5H2,1-2H3. The van der Waals surface area contributed by atoms with E-state index in [1.54, 1.807) is 0 Å². The zero-order valence-corrected chi connectivity index (χ0v) is 6.26. The second-order valence-electron chi connectivity index (χ2n) is 2.79. The molecule has 3 nitrogen and oxygen atoms in total. The molecule has 0 amide bonds. The Bertz CT molecular complexity index is 159. The second kappa shape index (κ2) is 2.57. The van der Waals surface area contributed by atoms with Gasteiger partial charge in [-0.15, -0.1) is 0 Å². The van der Waals surface area contributed by atoms with E-state index in [4.69, 9.17) is 16.0 Å². The van der Waals surface area contributed by atoms with Gasteiger partial charge in [0, 0.05) is 0 Å². The van der Waals surface area contributed by atoms with Gasteiger partial charge in [-0.1, -0.05) is 0 Å². The van der Waals surface area contributed by atoms with Crippen LogP contribution >= 0.6 is 0 Å². The summed E-state index contributed by atoms with van der Waals surface area (Å²) in [6.07, 6.45) is -0.0208. The Morgan fingerprint density at radius 3 is 2.80 bits per heavy atom. The molecule has 0 spiro atoms. The van der Waals surface area contributed by atoms with Crippen LogP contribution in [0.5, 0.6) is 0 Å². The highest BCUT2D eigenvalue weighted by molar-refractivity contribution is 4.77. The van der Waals surface area contributed by atoms with Crippen molar-refractivity contribution in [3.05, 3.63) is 11.4 Å². The lowest BCUT2D eigenvalue weighted by molar-refractivity contribution is -0.136. The van der Waals surface area contributed by atoms with E-state index in [1.807, 2.05) is 13.8 Å². The fourth-order valence-corrected chi connectivity index (χ4v) is 0.955. The molecule has 1 heterocycles. The van der Waals surface area contributed by atoms with E-state index >= 15 is 0 Å². The third kappa shape index (κ3) is 1.69. The molecule has 0 radical (unpaired) electrons. The fraction of sp³-hybridized carbons (Fsp3) is 0.857. The monoisotopic (exact) mass is 141 g/mol. The van der Waals surface area contributed by atoms with E-state index in [9.17, 15) is 0 Å². The molecule has 1 fully saturated rings. The van der Waals surface area contributed by atoms with Gasteiger partial charge in [0.2, 0.25) is 6.54 Å². The van der Waals surface area contributed by atoms with Gasteiger partial charge < -0.3 is 14.3 Å². The van der Waals surface area contributed by atoms with Crippen LogP contribution in [0.3, 0.4) is 0 Å². The highest BCUT2D eigenvalue weighted by atomic mass is 16.7. The lowest BCUT2D eigenvalue weighted by atomic mass is 10.4. The van der Waals surface area contributed by atoms with E-state index in [2.05, 4.69) is 4.85 Å². The Morgan fingerprint density at radius 2 is 2.40 bits per heavy atom. The molecule has 56 valence electrons. The first-order chi connectivity index (χ1) is 4.64. The van der Waals surface area contributed by atoms with Crippen LogP contribution in [0.15, 0.2) is 0 Å². The summed E-state index contributed by atoms with van der Waals surface area (Å²) in [5.74, 6) is -0.477. The summed E-state index contributed by atoms with van der Waals surface area (Å²) in [6, 6.07) is 0. The third-order valence-corrected chi connectivity index (χ3v) is 1.36. The molecule has 0 aromatic rings. The van der Waals surface area contributed by atoms with Gasteiger partial charge in [-0.05, 0) is 13.8 Å². The molecule has 10 heavy (non-hydrogen) atoms. The Labute approximate surface area is 60.8 Å². The molecule has 0 saturated carbocycles. The molecular formula is C7H11NO2. The Kier molecular flexibility index (Phi) is 1.93. The van der Waals surface area contributed by atoms with Gasteiger partial charge in [0.25, 0.3) is 0 Å². The van der Waals surface area contributed by atoms with Gasteiger partial charge in [-0.25, -0.2) is 6.57 Å². The molecule has 1 aliphatic heterocycles. The first-order valence-electron chi connectivity index (χ1n) is 3.29. The molecule has 1 atom stereocenters. The lowest BCUT2D eigenvalue weighted by Gasteiger charge is -2.15. The molecule has 0 aliphatic carbocycles. The van der Waals surface area contributed by atoms with E-state index in [0.29, 0.717) is 13.2 Å². The van der Waals surface area contributed by atoms with Gasteiger partial charge in [0.1, 0.15) is 0 Å². The summed E-state index contributed by atoms with van der Waals surface area (Å²) in [6.45, 7) is 11.3. The van der Waals surface area contributed by atoms with Crippen LogP contribution in [-0.2, 0) is 9.47 Å². The predicted octanol–water partition coefficient (Wildman–Crippen LogP) is 1.06. The van der Waals surface area contributed by atoms with Crippen molar-refractivity contribution in [3.63, 3.8) is 0 Å². The minimum absolute atomic E-state index is 0.0208. The average molecular weight is 141 g/mol. The first-order valence-corrected chi connectivity index (χ1v) is 3.29. The predicted molar refractivity (Wildman–Crippen MR) is 36.4 cm³/mol. The number of ether oxygens (including phenoxy) is 2. The van der Waals surface area contributed by atoms with Crippen molar-refractivity contribution < 1.29 is 9.47 Å².